The normalized spacial score (nSPS) is 20.2. The number of aliphatic hydroxyl groups is 1. The lowest BCUT2D eigenvalue weighted by Gasteiger charge is -2.16. The largest absolute Gasteiger partial charge is 0.391 e. The van der Waals surface area contributed by atoms with Crippen LogP contribution >= 0.6 is 31.9 Å². The first kappa shape index (κ1) is 12.1. The molecule has 1 aliphatic rings. The quantitative estimate of drug-likeness (QED) is 0.846. The van der Waals surface area contributed by atoms with E-state index in [1.807, 2.05) is 12.1 Å². The van der Waals surface area contributed by atoms with E-state index < -0.39 is 0 Å². The van der Waals surface area contributed by atoms with Crippen LogP contribution in [0.1, 0.15) is 16.8 Å². The van der Waals surface area contributed by atoms with Crippen LogP contribution in [0, 0.1) is 0 Å². The Morgan fingerprint density at radius 1 is 1.44 bits per heavy atom. The van der Waals surface area contributed by atoms with E-state index in [0.717, 1.165) is 8.95 Å². The summed E-state index contributed by atoms with van der Waals surface area (Å²) in [7, 11) is 0. The average molecular weight is 349 g/mol. The number of aliphatic hydroxyl groups excluding tert-OH is 1. The molecule has 1 N–H and O–H groups in total. The van der Waals surface area contributed by atoms with E-state index in [9.17, 15) is 9.90 Å². The zero-order chi connectivity index (χ0) is 11.7. The minimum absolute atomic E-state index is 0.0373. The van der Waals surface area contributed by atoms with Crippen molar-refractivity contribution < 1.29 is 9.90 Å². The second-order valence-corrected chi connectivity index (χ2v) is 5.59. The van der Waals surface area contributed by atoms with E-state index in [1.165, 1.54) is 0 Å². The number of hydrogen-bond donors (Lipinski definition) is 1. The van der Waals surface area contributed by atoms with Crippen LogP contribution in [0.3, 0.4) is 0 Å². The molecule has 0 bridgehead atoms. The number of β-amino-alcohol motifs (C(OH)–C–C–N with tert-alkyl or cyclic N) is 1. The maximum absolute atomic E-state index is 12.1. The SMILES string of the molecule is O=C(c1cc(Br)ccc1Br)N1CC[C@H](O)C1. The minimum Gasteiger partial charge on any atom is -0.391 e. The molecule has 1 atom stereocenters. The lowest BCUT2D eigenvalue weighted by Crippen LogP contribution is -2.29. The lowest BCUT2D eigenvalue weighted by atomic mass is 10.2. The summed E-state index contributed by atoms with van der Waals surface area (Å²) in [6.45, 7) is 1.05. The van der Waals surface area contributed by atoms with Gasteiger partial charge in [0, 0.05) is 22.0 Å². The van der Waals surface area contributed by atoms with Crippen molar-refractivity contribution in [2.24, 2.45) is 0 Å². The number of carbonyl (C=O) groups is 1. The molecule has 1 amide bonds. The molecule has 1 aliphatic heterocycles. The van der Waals surface area contributed by atoms with Crippen molar-refractivity contribution in [3.05, 3.63) is 32.7 Å². The van der Waals surface area contributed by atoms with E-state index in [-0.39, 0.29) is 12.0 Å². The summed E-state index contributed by atoms with van der Waals surface area (Å²) >= 11 is 6.71. The van der Waals surface area contributed by atoms with Gasteiger partial charge >= 0.3 is 0 Å². The summed E-state index contributed by atoms with van der Waals surface area (Å²) in [6.07, 6.45) is 0.284. The Labute approximate surface area is 111 Å². The van der Waals surface area contributed by atoms with Crippen LogP contribution in [-0.4, -0.2) is 35.1 Å². The molecule has 1 saturated heterocycles. The number of rotatable bonds is 1. The molecule has 1 aromatic rings. The van der Waals surface area contributed by atoms with Crippen LogP contribution in [0.15, 0.2) is 27.1 Å². The Morgan fingerprint density at radius 2 is 2.19 bits per heavy atom. The summed E-state index contributed by atoms with van der Waals surface area (Å²) in [5, 5.41) is 9.40. The van der Waals surface area contributed by atoms with E-state index in [1.54, 1.807) is 11.0 Å². The van der Waals surface area contributed by atoms with Gasteiger partial charge < -0.3 is 10.0 Å². The summed E-state index contributed by atoms with van der Waals surface area (Å²) in [6, 6.07) is 5.50. The molecular weight excluding hydrogens is 338 g/mol. The van der Waals surface area contributed by atoms with Crippen molar-refractivity contribution in [2.45, 2.75) is 12.5 Å². The number of amides is 1. The smallest absolute Gasteiger partial charge is 0.255 e. The fraction of sp³-hybridized carbons (Fsp3) is 0.364. The summed E-state index contributed by atoms with van der Waals surface area (Å²) in [5.74, 6) is -0.0373. The third-order valence-electron chi connectivity index (χ3n) is 2.61. The molecule has 2 rings (SSSR count). The highest BCUT2D eigenvalue weighted by Crippen LogP contribution is 2.24. The van der Waals surface area contributed by atoms with Crippen molar-refractivity contribution in [2.75, 3.05) is 13.1 Å². The lowest BCUT2D eigenvalue weighted by molar-refractivity contribution is 0.0764. The fourth-order valence-electron chi connectivity index (χ4n) is 1.76. The first-order valence-electron chi connectivity index (χ1n) is 5.00. The molecular formula is C11H11Br2NO2. The molecule has 3 nitrogen and oxygen atoms in total. The summed E-state index contributed by atoms with van der Waals surface area (Å²) < 4.78 is 1.65. The third kappa shape index (κ3) is 2.47. The van der Waals surface area contributed by atoms with Gasteiger partial charge in [-0.2, -0.15) is 0 Å². The number of carbonyl (C=O) groups excluding carboxylic acids is 1. The van der Waals surface area contributed by atoms with Gasteiger partial charge in [-0.1, -0.05) is 15.9 Å². The molecule has 1 aromatic carbocycles. The van der Waals surface area contributed by atoms with Gasteiger partial charge in [-0.25, -0.2) is 0 Å². The maximum atomic E-state index is 12.1. The Kier molecular flexibility index (Phi) is 3.66. The second kappa shape index (κ2) is 4.85. The van der Waals surface area contributed by atoms with Gasteiger partial charge in [0.15, 0.2) is 0 Å². The zero-order valence-corrected chi connectivity index (χ0v) is 11.7. The van der Waals surface area contributed by atoms with Gasteiger partial charge in [-0.05, 0) is 40.5 Å². The standard InChI is InChI=1S/C11H11Br2NO2/c12-7-1-2-10(13)9(5-7)11(16)14-4-3-8(15)6-14/h1-2,5,8,15H,3-4,6H2/t8-/m0/s1. The zero-order valence-electron chi connectivity index (χ0n) is 8.49. The van der Waals surface area contributed by atoms with Gasteiger partial charge in [0.05, 0.1) is 11.7 Å². The highest BCUT2D eigenvalue weighted by atomic mass is 79.9. The Morgan fingerprint density at radius 3 is 2.81 bits per heavy atom. The molecule has 16 heavy (non-hydrogen) atoms. The molecule has 1 heterocycles. The molecule has 0 radical (unpaired) electrons. The molecule has 5 heteroatoms. The maximum Gasteiger partial charge on any atom is 0.255 e. The predicted octanol–water partition coefficient (Wildman–Crippen LogP) is 2.42. The Hall–Kier alpha value is -0.390. The number of likely N-dealkylation sites (tertiary alicyclic amines) is 1. The molecule has 1 fully saturated rings. The van der Waals surface area contributed by atoms with Crippen LogP contribution in [0.5, 0.6) is 0 Å². The van der Waals surface area contributed by atoms with Crippen molar-refractivity contribution in [3.63, 3.8) is 0 Å². The molecule has 0 saturated carbocycles. The van der Waals surface area contributed by atoms with Gasteiger partial charge in [-0.3, -0.25) is 4.79 Å². The van der Waals surface area contributed by atoms with Crippen molar-refractivity contribution >= 4 is 37.8 Å². The fourth-order valence-corrected chi connectivity index (χ4v) is 2.54. The van der Waals surface area contributed by atoms with Crippen LogP contribution in [0.2, 0.25) is 0 Å². The van der Waals surface area contributed by atoms with E-state index in [2.05, 4.69) is 31.9 Å². The van der Waals surface area contributed by atoms with Gasteiger partial charge in [0.1, 0.15) is 0 Å². The number of halogens is 2. The minimum atomic E-state index is -0.380. The Bertz CT molecular complexity index is 422. The molecule has 0 aromatic heterocycles. The average Bonchev–Trinajstić information content (AvgIpc) is 2.67. The van der Waals surface area contributed by atoms with Crippen LogP contribution in [0.4, 0.5) is 0 Å². The molecule has 0 aliphatic carbocycles. The second-order valence-electron chi connectivity index (χ2n) is 3.82. The topological polar surface area (TPSA) is 40.5 Å². The highest BCUT2D eigenvalue weighted by Gasteiger charge is 2.26. The van der Waals surface area contributed by atoms with E-state index in [0.29, 0.717) is 25.1 Å². The highest BCUT2D eigenvalue weighted by molar-refractivity contribution is 9.11. The number of nitrogens with zero attached hydrogens (tertiary/aromatic N) is 1. The first-order chi connectivity index (χ1) is 7.58. The first-order valence-corrected chi connectivity index (χ1v) is 6.59. The van der Waals surface area contributed by atoms with Crippen LogP contribution in [0.25, 0.3) is 0 Å². The predicted molar refractivity (Wildman–Crippen MR) is 68.4 cm³/mol. The van der Waals surface area contributed by atoms with Crippen molar-refractivity contribution in [1.29, 1.82) is 0 Å². The molecule has 0 spiro atoms. The third-order valence-corrected chi connectivity index (χ3v) is 3.79. The molecule has 86 valence electrons. The van der Waals surface area contributed by atoms with Gasteiger partial charge in [-0.15, -0.1) is 0 Å². The number of benzene rings is 1. The van der Waals surface area contributed by atoms with Crippen molar-refractivity contribution in [1.82, 2.24) is 4.90 Å². The van der Waals surface area contributed by atoms with Crippen LogP contribution < -0.4 is 0 Å². The summed E-state index contributed by atoms with van der Waals surface area (Å²) in [4.78, 5) is 13.8. The monoisotopic (exact) mass is 347 g/mol. The van der Waals surface area contributed by atoms with Gasteiger partial charge in [0.25, 0.3) is 5.91 Å². The van der Waals surface area contributed by atoms with E-state index in [4.69, 9.17) is 0 Å². The van der Waals surface area contributed by atoms with E-state index >= 15 is 0 Å². The number of hydrogen-bond acceptors (Lipinski definition) is 2. The van der Waals surface area contributed by atoms with Gasteiger partial charge in [0.2, 0.25) is 0 Å². The summed E-state index contributed by atoms with van der Waals surface area (Å²) in [5.41, 5.74) is 0.628. The van der Waals surface area contributed by atoms with Crippen LogP contribution in [-0.2, 0) is 0 Å². The van der Waals surface area contributed by atoms with Crippen molar-refractivity contribution in [3.8, 4) is 0 Å². The Balaban J connectivity index is 2.23. The molecule has 0 unspecified atom stereocenters.